The summed E-state index contributed by atoms with van der Waals surface area (Å²) in [6.07, 6.45) is 0.315. The number of hydrogen-bond donors (Lipinski definition) is 2. The summed E-state index contributed by atoms with van der Waals surface area (Å²) < 4.78 is 1.04. The summed E-state index contributed by atoms with van der Waals surface area (Å²) in [5.74, 6) is -0.157. The zero-order valence-corrected chi connectivity index (χ0v) is 11.9. The van der Waals surface area contributed by atoms with Crippen molar-refractivity contribution in [1.29, 1.82) is 5.26 Å². The van der Waals surface area contributed by atoms with E-state index in [1.54, 1.807) is 6.07 Å². The number of rotatable bonds is 5. The van der Waals surface area contributed by atoms with Gasteiger partial charge in [0.15, 0.2) is 0 Å². The zero-order valence-electron chi connectivity index (χ0n) is 8.96. The average molecular weight is 364 g/mol. The van der Waals surface area contributed by atoms with E-state index in [0.717, 1.165) is 9.26 Å². The van der Waals surface area contributed by atoms with Crippen LogP contribution in [-0.2, 0) is 4.79 Å². The van der Waals surface area contributed by atoms with Crippen LogP contribution in [0.5, 0.6) is 0 Å². The highest BCUT2D eigenvalue weighted by molar-refractivity contribution is 14.1. The number of halogens is 2. The monoisotopic (exact) mass is 363 g/mol. The molecule has 17 heavy (non-hydrogen) atoms. The minimum Gasteiger partial charge on any atom is -0.375 e. The number of carbonyl (C=O) groups excluding carboxylic acids is 1. The van der Waals surface area contributed by atoms with Crippen LogP contribution >= 0.6 is 34.2 Å². The van der Waals surface area contributed by atoms with Gasteiger partial charge in [-0.1, -0.05) is 11.6 Å². The largest absolute Gasteiger partial charge is 0.375 e. The van der Waals surface area contributed by atoms with Gasteiger partial charge in [-0.25, -0.2) is 0 Å². The first-order chi connectivity index (χ1) is 8.13. The van der Waals surface area contributed by atoms with Crippen LogP contribution < -0.4 is 10.6 Å². The maximum atomic E-state index is 11.4. The molecule has 0 radical (unpaired) electrons. The summed E-state index contributed by atoms with van der Waals surface area (Å²) in [7, 11) is 0. The van der Waals surface area contributed by atoms with Gasteiger partial charge in [0.2, 0.25) is 5.91 Å². The molecule has 0 atom stereocenters. The van der Waals surface area contributed by atoms with Crippen LogP contribution in [0.3, 0.4) is 0 Å². The first-order valence-electron chi connectivity index (χ1n) is 4.96. The normalized spacial score (nSPS) is 9.47. The molecule has 4 nitrogen and oxygen atoms in total. The molecule has 6 heteroatoms. The van der Waals surface area contributed by atoms with Crippen molar-refractivity contribution < 1.29 is 4.79 Å². The Morgan fingerprint density at radius 1 is 1.53 bits per heavy atom. The number of benzene rings is 1. The third kappa shape index (κ3) is 5.24. The molecular weight excluding hydrogens is 352 g/mol. The molecule has 90 valence electrons. The molecule has 0 aliphatic carbocycles. The predicted octanol–water partition coefficient (Wildman–Crippen LogP) is 2.39. The highest BCUT2D eigenvalue weighted by atomic mass is 127. The van der Waals surface area contributed by atoms with Crippen LogP contribution in [0.2, 0.25) is 5.02 Å². The summed E-state index contributed by atoms with van der Waals surface area (Å²) in [6.45, 7) is 0.516. The van der Waals surface area contributed by atoms with E-state index in [2.05, 4.69) is 33.2 Å². The fourth-order valence-electron chi connectivity index (χ4n) is 1.13. The van der Waals surface area contributed by atoms with Gasteiger partial charge in [0.1, 0.15) is 0 Å². The average Bonchev–Trinajstić information content (AvgIpc) is 2.31. The molecule has 0 spiro atoms. The molecule has 1 aromatic rings. The van der Waals surface area contributed by atoms with Crippen molar-refractivity contribution in [3.63, 3.8) is 0 Å². The number of nitrogens with zero attached hydrogens (tertiary/aromatic N) is 1. The van der Waals surface area contributed by atoms with Gasteiger partial charge < -0.3 is 10.6 Å². The van der Waals surface area contributed by atoms with E-state index in [1.165, 1.54) is 0 Å². The Labute approximate surface area is 118 Å². The van der Waals surface area contributed by atoms with Crippen LogP contribution in [0.25, 0.3) is 0 Å². The van der Waals surface area contributed by atoms with Crippen molar-refractivity contribution in [1.82, 2.24) is 5.32 Å². The number of carbonyl (C=O) groups is 1. The lowest BCUT2D eigenvalue weighted by Crippen LogP contribution is -2.30. The van der Waals surface area contributed by atoms with Gasteiger partial charge in [-0.3, -0.25) is 4.79 Å². The fourth-order valence-corrected chi connectivity index (χ4v) is 1.80. The quantitative estimate of drug-likeness (QED) is 0.624. The van der Waals surface area contributed by atoms with Gasteiger partial charge in [0, 0.05) is 10.1 Å². The summed E-state index contributed by atoms with van der Waals surface area (Å²) in [5, 5.41) is 14.5. The fraction of sp³-hybridized carbons (Fsp3) is 0.273. The van der Waals surface area contributed by atoms with Crippen LogP contribution in [-0.4, -0.2) is 19.0 Å². The molecule has 0 heterocycles. The van der Waals surface area contributed by atoms with Gasteiger partial charge in [0.05, 0.1) is 29.7 Å². The highest BCUT2D eigenvalue weighted by Gasteiger charge is 2.03. The van der Waals surface area contributed by atoms with E-state index in [4.69, 9.17) is 16.9 Å². The third-order valence-corrected chi connectivity index (χ3v) is 2.93. The minimum absolute atomic E-state index is 0.144. The Kier molecular flexibility index (Phi) is 6.08. The number of nitrogens with one attached hydrogen (secondary N) is 2. The lowest BCUT2D eigenvalue weighted by Gasteiger charge is -2.08. The lowest BCUT2D eigenvalue weighted by atomic mass is 10.3. The number of nitriles is 1. The molecule has 0 aliphatic heterocycles. The maximum Gasteiger partial charge on any atom is 0.239 e. The molecular formula is C11H11ClIN3O. The van der Waals surface area contributed by atoms with E-state index in [9.17, 15) is 4.79 Å². The van der Waals surface area contributed by atoms with Crippen molar-refractivity contribution >= 4 is 45.8 Å². The van der Waals surface area contributed by atoms with E-state index in [0.29, 0.717) is 18.0 Å². The summed E-state index contributed by atoms with van der Waals surface area (Å²) in [5.41, 5.74) is 0.731. The molecule has 0 aliphatic rings. The standard InChI is InChI=1S/C11H11ClIN3O/c12-9-3-2-8(13)6-10(9)16-7-11(17)15-5-1-4-14/h2-3,6,16H,1,5,7H2,(H,15,17). The molecule has 0 bridgehead atoms. The summed E-state index contributed by atoms with van der Waals surface area (Å²) in [6, 6.07) is 7.49. The third-order valence-electron chi connectivity index (χ3n) is 1.93. The molecule has 1 rings (SSSR count). The second kappa shape index (κ2) is 7.35. The number of anilines is 1. The molecule has 1 amide bonds. The Balaban J connectivity index is 2.42. The zero-order chi connectivity index (χ0) is 12.7. The number of hydrogen-bond acceptors (Lipinski definition) is 3. The molecule has 0 aromatic heterocycles. The summed E-state index contributed by atoms with van der Waals surface area (Å²) >= 11 is 8.14. The lowest BCUT2D eigenvalue weighted by molar-refractivity contribution is -0.119. The smallest absolute Gasteiger partial charge is 0.239 e. The Morgan fingerprint density at radius 2 is 2.29 bits per heavy atom. The van der Waals surface area contributed by atoms with E-state index >= 15 is 0 Å². The molecule has 0 fully saturated rings. The maximum absolute atomic E-state index is 11.4. The molecule has 0 saturated heterocycles. The molecule has 1 aromatic carbocycles. The van der Waals surface area contributed by atoms with Crippen molar-refractivity contribution in [3.8, 4) is 6.07 Å². The van der Waals surface area contributed by atoms with Gasteiger partial charge >= 0.3 is 0 Å². The van der Waals surface area contributed by atoms with Crippen molar-refractivity contribution in [2.45, 2.75) is 6.42 Å². The van der Waals surface area contributed by atoms with E-state index in [1.807, 2.05) is 18.2 Å². The highest BCUT2D eigenvalue weighted by Crippen LogP contribution is 2.23. The second-order valence-corrected chi connectivity index (χ2v) is 4.89. The van der Waals surface area contributed by atoms with Crippen LogP contribution in [0.15, 0.2) is 18.2 Å². The topological polar surface area (TPSA) is 64.9 Å². The van der Waals surface area contributed by atoms with E-state index in [-0.39, 0.29) is 12.5 Å². The van der Waals surface area contributed by atoms with Gasteiger partial charge in [-0.2, -0.15) is 5.26 Å². The van der Waals surface area contributed by atoms with Crippen LogP contribution in [0.4, 0.5) is 5.69 Å². The minimum atomic E-state index is -0.157. The van der Waals surface area contributed by atoms with Gasteiger partial charge in [-0.15, -0.1) is 0 Å². The Hall–Kier alpha value is -1.000. The molecule has 0 saturated carbocycles. The van der Waals surface area contributed by atoms with Crippen molar-refractivity contribution in [3.05, 3.63) is 26.8 Å². The molecule has 2 N–H and O–H groups in total. The Morgan fingerprint density at radius 3 is 3.00 bits per heavy atom. The van der Waals surface area contributed by atoms with Crippen LogP contribution in [0, 0.1) is 14.9 Å². The summed E-state index contributed by atoms with van der Waals surface area (Å²) in [4.78, 5) is 11.4. The van der Waals surface area contributed by atoms with Gasteiger partial charge in [0.25, 0.3) is 0 Å². The first-order valence-corrected chi connectivity index (χ1v) is 6.41. The van der Waals surface area contributed by atoms with E-state index < -0.39 is 0 Å². The van der Waals surface area contributed by atoms with Gasteiger partial charge in [-0.05, 0) is 40.8 Å². The SMILES string of the molecule is N#CCCNC(=O)CNc1cc(I)ccc1Cl. The van der Waals surface area contributed by atoms with Crippen molar-refractivity contribution in [2.24, 2.45) is 0 Å². The Bertz CT molecular complexity index is 445. The predicted molar refractivity (Wildman–Crippen MR) is 75.9 cm³/mol. The van der Waals surface area contributed by atoms with Crippen LogP contribution in [0.1, 0.15) is 6.42 Å². The molecule has 0 unspecified atom stereocenters. The number of amides is 1. The van der Waals surface area contributed by atoms with Crippen molar-refractivity contribution in [2.75, 3.05) is 18.4 Å². The second-order valence-electron chi connectivity index (χ2n) is 3.24. The first kappa shape index (κ1) is 14.1.